The van der Waals surface area contributed by atoms with E-state index in [4.69, 9.17) is 57.3 Å². The number of nitrogens with one attached hydrogen (secondary N) is 15. The third-order valence-corrected chi connectivity index (χ3v) is 22.7. The number of rotatable bonds is 76. The van der Waals surface area contributed by atoms with E-state index in [-0.39, 0.29) is 195 Å². The first-order valence-corrected chi connectivity index (χ1v) is 50.4. The molecule has 0 heterocycles. The van der Waals surface area contributed by atoms with Gasteiger partial charge < -0.3 is 142 Å². The average Bonchev–Trinajstić information content (AvgIpc) is 0.808. The number of guanidine groups is 2. The maximum Gasteiger partial charge on any atom is 0.326 e. The van der Waals surface area contributed by atoms with Crippen molar-refractivity contribution in [2.24, 2.45) is 121 Å². The zero-order chi connectivity index (χ0) is 106. The highest BCUT2D eigenvalue weighted by atomic mass is 16.4. The molecule has 0 bridgehead atoms. The summed E-state index contributed by atoms with van der Waals surface area (Å²) >= 11 is 0. The first kappa shape index (κ1) is 129. The highest BCUT2D eigenvalue weighted by molar-refractivity contribution is 6.01. The molecule has 0 aliphatic rings. The van der Waals surface area contributed by atoms with Crippen LogP contribution in [0.5, 0.6) is 0 Å². The number of unbranched alkanes of at least 4 members (excludes halogenated alkanes) is 5. The summed E-state index contributed by atoms with van der Waals surface area (Å²) in [6.07, 6.45) is 5.64. The molecule has 0 aromatic carbocycles. The van der Waals surface area contributed by atoms with Crippen LogP contribution >= 0.6 is 0 Å². The number of carboxylic acid groups (broad SMARTS) is 1. The van der Waals surface area contributed by atoms with Crippen LogP contribution in [0.15, 0.2) is 9.98 Å². The molecule has 139 heavy (non-hydrogen) atoms. The summed E-state index contributed by atoms with van der Waals surface area (Å²) in [6, 6.07) is -20.5. The fourth-order valence-corrected chi connectivity index (χ4v) is 15.4. The van der Waals surface area contributed by atoms with Gasteiger partial charge in [-0.2, -0.15) is 0 Å². The largest absolute Gasteiger partial charge is 0.480 e. The van der Waals surface area contributed by atoms with Gasteiger partial charge in [0.05, 0.1) is 6.04 Å². The van der Waals surface area contributed by atoms with Gasteiger partial charge in [0, 0.05) is 13.1 Å². The second-order valence-electron chi connectivity index (χ2n) is 40.4. The molecule has 0 radical (unpaired) electrons. The number of aliphatic carboxylic acids is 1. The topological polar surface area (TPSA) is 759 Å². The van der Waals surface area contributed by atoms with Crippen LogP contribution in [0.2, 0.25) is 0 Å². The Kier molecular flexibility index (Phi) is 66.1. The number of carbonyl (C=O) groups is 16. The van der Waals surface area contributed by atoms with E-state index in [2.05, 4.69) is 89.7 Å². The predicted octanol–water partition coefficient (Wildman–Crippen LogP) is -0.553. The van der Waals surface area contributed by atoms with Gasteiger partial charge in [-0.15, -0.1) is 0 Å². The van der Waals surface area contributed by atoms with Crippen molar-refractivity contribution in [2.75, 3.05) is 45.8 Å². The fourth-order valence-electron chi connectivity index (χ4n) is 15.4. The van der Waals surface area contributed by atoms with E-state index in [0.29, 0.717) is 83.7 Å². The lowest BCUT2D eigenvalue weighted by atomic mass is 9.97. The molecule has 0 saturated heterocycles. The molecule has 15 amide bonds. The van der Waals surface area contributed by atoms with E-state index in [9.17, 15) is 72.2 Å². The van der Waals surface area contributed by atoms with Crippen molar-refractivity contribution in [2.45, 2.75) is 395 Å². The number of nitrogens with zero attached hydrogens (tertiary/aromatic N) is 2. The molecule has 16 atom stereocenters. The lowest BCUT2D eigenvalue weighted by Crippen LogP contribution is -2.61. The van der Waals surface area contributed by atoms with Gasteiger partial charge in [-0.1, -0.05) is 131 Å². The monoisotopic (exact) mass is 1970 g/mol. The third kappa shape index (κ3) is 56.8. The van der Waals surface area contributed by atoms with Crippen molar-refractivity contribution >= 4 is 106 Å². The van der Waals surface area contributed by atoms with Crippen molar-refractivity contribution in [3.05, 3.63) is 0 Å². The van der Waals surface area contributed by atoms with Gasteiger partial charge in [0.25, 0.3) is 0 Å². The van der Waals surface area contributed by atoms with Crippen molar-refractivity contribution in [3.63, 3.8) is 0 Å². The summed E-state index contributed by atoms with van der Waals surface area (Å²) in [5, 5.41) is 51.7. The SMILES string of the molecule is CC(C)C[C@H](NC(=O)[C@H](CC(C)C)NC(=O)[C@@H](NC(=O)[C@H](CCCCN)NC(=O)[C@H](CC(C)C)NC(=O)[C@H](CC(C)C)NC(=O)[C@H](CCCN=C(N)N)NC(=O)[C@H](CC(C)C)NC(=O)[C@H](CC(C)C)NC(=O)[C@H](CCCCN)NC(=O)[C@H](CCCCN)NC(=O)[C@H](CC(C)C)NC(=O)[C@H](CC(C)C)NC(=O)[C@H](CCCCN)NC(=O)[C@@H](N)CCCCN)C(C)C)C(=O)N[C@@H](CCCN=C(N)N)C(=O)O. The number of carboxylic acids is 1. The highest BCUT2D eigenvalue weighted by Gasteiger charge is 2.41. The normalized spacial score (nSPS) is 15.0. The smallest absolute Gasteiger partial charge is 0.326 e. The van der Waals surface area contributed by atoms with Crippen molar-refractivity contribution in [1.29, 1.82) is 0 Å². The molecule has 0 fully saturated rings. The van der Waals surface area contributed by atoms with Gasteiger partial charge in [-0.3, -0.25) is 81.9 Å². The zero-order valence-electron chi connectivity index (χ0n) is 86.6. The van der Waals surface area contributed by atoms with Crippen LogP contribution in [0, 0.1) is 53.3 Å². The van der Waals surface area contributed by atoms with Crippen LogP contribution in [-0.2, 0) is 76.7 Å². The molecule has 44 heteroatoms. The van der Waals surface area contributed by atoms with Gasteiger partial charge in [-0.25, -0.2) is 4.79 Å². The first-order valence-electron chi connectivity index (χ1n) is 50.4. The van der Waals surface area contributed by atoms with E-state index >= 15 is 9.59 Å². The summed E-state index contributed by atoms with van der Waals surface area (Å²) in [6.45, 7) is 33.8. The minimum atomic E-state index is -1.44. The molecule has 36 N–H and O–H groups in total. The molecule has 0 aromatic heterocycles. The Morgan fingerprint density at radius 2 is 0.381 bits per heavy atom. The molecular formula is C95H183N27O17. The summed E-state index contributed by atoms with van der Waals surface area (Å²) in [7, 11) is 0. The molecule has 0 aliphatic heterocycles. The lowest BCUT2D eigenvalue weighted by molar-refractivity contribution is -0.142. The first-order chi connectivity index (χ1) is 65.2. The van der Waals surface area contributed by atoms with Crippen LogP contribution in [0.1, 0.15) is 298 Å². The van der Waals surface area contributed by atoms with E-state index in [1.165, 1.54) is 0 Å². The Balaban J connectivity index is 7.56. The molecule has 44 nitrogen and oxygen atoms in total. The molecule has 0 aromatic rings. The zero-order valence-corrected chi connectivity index (χ0v) is 86.6. The van der Waals surface area contributed by atoms with Gasteiger partial charge in [-0.05, 0) is 253 Å². The molecule has 0 unspecified atom stereocenters. The lowest BCUT2D eigenvalue weighted by Gasteiger charge is -2.30. The number of amides is 15. The average molecular weight is 1980 g/mol. The number of nitrogens with two attached hydrogens (primary N) is 10. The van der Waals surface area contributed by atoms with E-state index in [1.807, 2.05) is 41.5 Å². The predicted molar refractivity (Wildman–Crippen MR) is 539 cm³/mol. The second-order valence-corrected chi connectivity index (χ2v) is 40.4. The Labute approximate surface area is 825 Å². The Hall–Kier alpha value is -10.2. The summed E-state index contributed by atoms with van der Waals surface area (Å²) < 4.78 is 0. The fraction of sp³-hybridized carbons (Fsp3) is 0.811. The third-order valence-electron chi connectivity index (χ3n) is 22.7. The molecule has 0 rings (SSSR count). The summed E-state index contributed by atoms with van der Waals surface area (Å²) in [5.41, 5.74) is 57.7. The quantitative estimate of drug-likeness (QED) is 0.0206. The van der Waals surface area contributed by atoms with E-state index < -0.39 is 197 Å². The van der Waals surface area contributed by atoms with E-state index in [0.717, 1.165) is 0 Å². The van der Waals surface area contributed by atoms with E-state index in [1.54, 1.807) is 83.1 Å². The number of hydrogen-bond acceptors (Lipinski definition) is 24. The Morgan fingerprint density at radius 3 is 0.576 bits per heavy atom. The number of aliphatic imine (C=N–C) groups is 2. The van der Waals surface area contributed by atoms with Crippen molar-refractivity contribution in [1.82, 2.24) is 79.8 Å². The van der Waals surface area contributed by atoms with Crippen molar-refractivity contribution < 1.29 is 81.8 Å². The highest BCUT2D eigenvalue weighted by Crippen LogP contribution is 2.20. The maximum absolute atomic E-state index is 15.0. The van der Waals surface area contributed by atoms with Crippen LogP contribution in [0.25, 0.3) is 0 Å². The molecule has 0 aliphatic carbocycles. The van der Waals surface area contributed by atoms with Crippen LogP contribution in [-0.4, -0.2) is 254 Å². The van der Waals surface area contributed by atoms with Gasteiger partial charge in [0.15, 0.2) is 11.9 Å². The van der Waals surface area contributed by atoms with Gasteiger partial charge in [0.1, 0.15) is 90.6 Å². The minimum absolute atomic E-state index is 0.00476. The van der Waals surface area contributed by atoms with Crippen LogP contribution in [0.3, 0.4) is 0 Å². The van der Waals surface area contributed by atoms with Gasteiger partial charge >= 0.3 is 5.97 Å². The number of carbonyl (C=O) groups excluding carboxylic acids is 15. The molecule has 800 valence electrons. The summed E-state index contributed by atoms with van der Waals surface area (Å²) in [4.78, 5) is 239. The van der Waals surface area contributed by atoms with Crippen LogP contribution in [0.4, 0.5) is 0 Å². The molecule has 0 spiro atoms. The Bertz CT molecular complexity index is 3790. The summed E-state index contributed by atoms with van der Waals surface area (Å²) in [5.74, 6) is -15.6. The van der Waals surface area contributed by atoms with Gasteiger partial charge in [0.2, 0.25) is 88.6 Å². The number of hydrogen-bond donors (Lipinski definition) is 26. The molecule has 0 saturated carbocycles. The van der Waals surface area contributed by atoms with Crippen molar-refractivity contribution in [3.8, 4) is 0 Å². The molecular weight excluding hydrogens is 1790 g/mol. The Morgan fingerprint density at radius 1 is 0.216 bits per heavy atom. The minimum Gasteiger partial charge on any atom is -0.480 e. The second kappa shape index (κ2) is 71.3. The van der Waals surface area contributed by atoms with Crippen LogP contribution < -0.4 is 137 Å². The standard InChI is InChI=1S/C95H183N27O17/c1-53(2)45-69(117-88(133)73(49-57(9)10)114-80(125)63(32-20-25-39-97)108-78(123)62(101)31-19-24-38-96)84(129)110-64(33-21-26-40-98)79(124)109-65(34-22-27-41-99)81(126)115-74(50-58(11)12)89(134)119-71(47-55(5)6)86(131)112-67(36-29-43-106-94(102)103)82(127)116-75(51-59(13)14)90(135)118-70(46-54(3)4)85(130)111-66(35-23-28-42-100)83(128)122-77(61(17)18)92(137)121-76(52-60(15)16)91(136)120-72(48-56(7)8)87(132)113-68(93(138)139)37-30-44-107-95(104)105/h53-77H,19-52,96-101H2,1-18H3,(H,108,123)(H,109,124)(H,110,129)(H,111,130)(H,112,131)(H,113,132)(H,114,125)(H,115,126)(H,116,127)(H,117,133)(H,118,135)(H,119,134)(H,120,136)(H,121,137)(H,122,128)(H,138,139)(H4,102,103,106)(H4,104,105,107)/t62-,63-,64-,65-,66-,67-,68-,69-,70-,71-,72-,73-,74-,75-,76-,77-/m0/s1. The maximum atomic E-state index is 15.0.